The van der Waals surface area contributed by atoms with Gasteiger partial charge in [-0.2, -0.15) is 0 Å². The number of fused-ring (bicyclic) bond motifs is 2. The minimum Gasteiger partial charge on any atom is -0.507 e. The van der Waals surface area contributed by atoms with E-state index in [0.29, 0.717) is 12.0 Å². The second-order valence-corrected chi connectivity index (χ2v) is 8.24. The molecule has 5 rings (SSSR count). The van der Waals surface area contributed by atoms with Crippen molar-refractivity contribution in [3.8, 4) is 22.6 Å². The van der Waals surface area contributed by atoms with Crippen LogP contribution < -0.4 is 5.43 Å². The van der Waals surface area contributed by atoms with Crippen LogP contribution in [0, 0.1) is 13.8 Å². The third-order valence-corrected chi connectivity index (χ3v) is 5.90. The van der Waals surface area contributed by atoms with Gasteiger partial charge < -0.3 is 14.6 Å². The molecule has 158 valence electrons. The normalized spacial score (nSPS) is 11.3. The number of rotatable bonds is 3. The summed E-state index contributed by atoms with van der Waals surface area (Å²) >= 11 is 0. The minimum absolute atomic E-state index is 0.0691. The Labute approximate surface area is 185 Å². The Morgan fingerprint density at radius 2 is 1.44 bits per heavy atom. The van der Waals surface area contributed by atoms with Gasteiger partial charge in [0.2, 0.25) is 5.43 Å². The quantitative estimate of drug-likeness (QED) is 0.338. The third kappa shape index (κ3) is 3.30. The van der Waals surface area contributed by atoms with Gasteiger partial charge in [-0.3, -0.25) is 4.79 Å². The van der Waals surface area contributed by atoms with Gasteiger partial charge in [-0.05, 0) is 48.7 Å². The molecule has 0 amide bonds. The largest absolute Gasteiger partial charge is 0.507 e. The van der Waals surface area contributed by atoms with Crippen LogP contribution >= 0.6 is 0 Å². The summed E-state index contributed by atoms with van der Waals surface area (Å²) in [5.41, 5.74) is 6.08. The first-order valence-corrected chi connectivity index (χ1v) is 10.5. The van der Waals surface area contributed by atoms with Gasteiger partial charge in [-0.1, -0.05) is 65.7 Å². The van der Waals surface area contributed by atoms with Crippen LogP contribution in [-0.4, -0.2) is 10.2 Å². The summed E-state index contributed by atoms with van der Waals surface area (Å²) in [6.45, 7) is 4.06. The van der Waals surface area contributed by atoms with Crippen molar-refractivity contribution in [3.63, 3.8) is 0 Å². The fraction of sp³-hybridized carbons (Fsp3) is 0.107. The molecular weight excluding hydrogens is 400 g/mol. The van der Waals surface area contributed by atoms with Crippen LogP contribution in [0.1, 0.15) is 22.3 Å². The molecule has 0 unspecified atom stereocenters. The lowest BCUT2D eigenvalue weighted by Gasteiger charge is -2.15. The maximum Gasteiger partial charge on any atom is 0.208 e. The highest BCUT2D eigenvalue weighted by Crippen LogP contribution is 2.38. The molecule has 0 aliphatic heterocycles. The number of aromatic hydroxyl groups is 2. The van der Waals surface area contributed by atoms with E-state index in [0.717, 1.165) is 33.4 Å². The van der Waals surface area contributed by atoms with Crippen molar-refractivity contribution in [2.45, 2.75) is 20.3 Å². The van der Waals surface area contributed by atoms with E-state index in [1.807, 2.05) is 50.2 Å². The number of benzene rings is 4. The number of aryl methyl sites for hydroxylation is 2. The summed E-state index contributed by atoms with van der Waals surface area (Å²) in [4.78, 5) is 13.3. The molecule has 0 bridgehead atoms. The van der Waals surface area contributed by atoms with Gasteiger partial charge >= 0.3 is 0 Å². The van der Waals surface area contributed by atoms with E-state index in [4.69, 9.17) is 4.42 Å². The Morgan fingerprint density at radius 1 is 0.781 bits per heavy atom. The highest BCUT2D eigenvalue weighted by Gasteiger charge is 2.21. The van der Waals surface area contributed by atoms with Crippen molar-refractivity contribution in [2.24, 2.45) is 0 Å². The molecule has 0 aliphatic carbocycles. The van der Waals surface area contributed by atoms with Gasteiger partial charge in [-0.25, -0.2) is 0 Å². The van der Waals surface area contributed by atoms with Gasteiger partial charge in [0.1, 0.15) is 33.4 Å². The second kappa shape index (κ2) is 7.57. The average Bonchev–Trinajstić information content (AvgIpc) is 2.77. The summed E-state index contributed by atoms with van der Waals surface area (Å²) < 4.78 is 6.18. The first-order valence-electron chi connectivity index (χ1n) is 10.5. The van der Waals surface area contributed by atoms with Crippen LogP contribution in [-0.2, 0) is 6.42 Å². The zero-order chi connectivity index (χ0) is 22.4. The van der Waals surface area contributed by atoms with E-state index in [9.17, 15) is 15.0 Å². The molecule has 5 aromatic rings. The number of phenolic OH excluding ortho intramolecular Hbond substituents is 2. The molecule has 0 saturated carbocycles. The lowest BCUT2D eigenvalue weighted by atomic mass is 9.91. The van der Waals surface area contributed by atoms with E-state index < -0.39 is 5.43 Å². The molecule has 4 aromatic carbocycles. The molecule has 32 heavy (non-hydrogen) atoms. The van der Waals surface area contributed by atoms with Crippen molar-refractivity contribution in [2.75, 3.05) is 0 Å². The van der Waals surface area contributed by atoms with Crippen LogP contribution in [0.5, 0.6) is 11.5 Å². The standard InChI is InChI=1S/C28H22O4/c1-16-6-10-18(11-7-16)14-21-20(19-12-8-17(2)9-13-19)15-23(30)26-27(31)25-22(29)4-3-5-24(25)32-28(21)26/h3-13,15,29-30H,14H2,1-2H3. The summed E-state index contributed by atoms with van der Waals surface area (Å²) in [7, 11) is 0. The Morgan fingerprint density at radius 3 is 2.12 bits per heavy atom. The maximum absolute atomic E-state index is 13.3. The lowest BCUT2D eigenvalue weighted by molar-refractivity contribution is 0.478. The number of hydrogen-bond donors (Lipinski definition) is 2. The van der Waals surface area contributed by atoms with E-state index in [2.05, 4.69) is 12.1 Å². The molecule has 0 atom stereocenters. The summed E-state index contributed by atoms with van der Waals surface area (Å²) in [6.07, 6.45) is 0.521. The van der Waals surface area contributed by atoms with Crippen molar-refractivity contribution in [1.82, 2.24) is 0 Å². The van der Waals surface area contributed by atoms with Crippen LogP contribution in [0.2, 0.25) is 0 Å². The fourth-order valence-corrected chi connectivity index (χ4v) is 4.16. The molecule has 4 heteroatoms. The molecule has 0 radical (unpaired) electrons. The number of hydrogen-bond acceptors (Lipinski definition) is 4. The second-order valence-electron chi connectivity index (χ2n) is 8.24. The van der Waals surface area contributed by atoms with E-state index >= 15 is 0 Å². The zero-order valence-electron chi connectivity index (χ0n) is 17.8. The van der Waals surface area contributed by atoms with Crippen molar-refractivity contribution < 1.29 is 14.6 Å². The average molecular weight is 422 g/mol. The Bertz CT molecular complexity index is 1530. The zero-order valence-corrected chi connectivity index (χ0v) is 17.8. The van der Waals surface area contributed by atoms with Crippen LogP contribution in [0.4, 0.5) is 0 Å². The van der Waals surface area contributed by atoms with E-state index in [-0.39, 0.29) is 27.9 Å². The molecule has 1 heterocycles. The smallest absolute Gasteiger partial charge is 0.208 e. The van der Waals surface area contributed by atoms with Crippen molar-refractivity contribution in [3.05, 3.63) is 105 Å². The summed E-state index contributed by atoms with van der Waals surface area (Å²) in [5, 5.41) is 21.3. The van der Waals surface area contributed by atoms with Gasteiger partial charge in [0.15, 0.2) is 0 Å². The Hall–Kier alpha value is -4.05. The first-order chi connectivity index (χ1) is 15.4. The molecular formula is C28H22O4. The van der Waals surface area contributed by atoms with Gasteiger partial charge in [-0.15, -0.1) is 0 Å². The molecule has 2 N–H and O–H groups in total. The van der Waals surface area contributed by atoms with Gasteiger partial charge in [0, 0.05) is 12.0 Å². The monoisotopic (exact) mass is 422 g/mol. The van der Waals surface area contributed by atoms with Crippen molar-refractivity contribution in [1.29, 1.82) is 0 Å². The van der Waals surface area contributed by atoms with Gasteiger partial charge in [0.25, 0.3) is 0 Å². The van der Waals surface area contributed by atoms with Crippen LogP contribution in [0.15, 0.2) is 82.0 Å². The Kier molecular flexibility index (Phi) is 4.71. The Balaban J connectivity index is 1.88. The fourth-order valence-electron chi connectivity index (χ4n) is 4.16. The predicted molar refractivity (Wildman–Crippen MR) is 127 cm³/mol. The molecule has 0 saturated heterocycles. The summed E-state index contributed by atoms with van der Waals surface area (Å²) in [6, 6.07) is 22.6. The SMILES string of the molecule is Cc1ccc(Cc2c(-c3ccc(C)cc3)cc(O)c3c(=O)c4c(O)cccc4oc23)cc1. The van der Waals surface area contributed by atoms with E-state index in [1.54, 1.807) is 18.2 Å². The van der Waals surface area contributed by atoms with Gasteiger partial charge in [0.05, 0.1) is 0 Å². The molecule has 0 aliphatic rings. The maximum atomic E-state index is 13.3. The molecule has 1 aromatic heterocycles. The molecule has 0 spiro atoms. The highest BCUT2D eigenvalue weighted by atomic mass is 16.3. The molecule has 0 fully saturated rings. The minimum atomic E-state index is -0.447. The first kappa shape index (κ1) is 19.9. The lowest BCUT2D eigenvalue weighted by Crippen LogP contribution is -2.06. The highest BCUT2D eigenvalue weighted by molar-refractivity contribution is 5.99. The van der Waals surface area contributed by atoms with Crippen LogP contribution in [0.25, 0.3) is 33.1 Å². The summed E-state index contributed by atoms with van der Waals surface area (Å²) in [5.74, 6) is -0.331. The van der Waals surface area contributed by atoms with Crippen LogP contribution in [0.3, 0.4) is 0 Å². The van der Waals surface area contributed by atoms with E-state index in [1.165, 1.54) is 6.07 Å². The third-order valence-electron chi connectivity index (χ3n) is 5.90. The van der Waals surface area contributed by atoms with Crippen molar-refractivity contribution >= 4 is 21.9 Å². The topological polar surface area (TPSA) is 70.7 Å². The predicted octanol–water partition coefficient (Wildman–Crippen LogP) is 6.23. The molecule has 4 nitrogen and oxygen atoms in total. The number of phenols is 2.